The molecule has 2 heterocycles. The van der Waals surface area contributed by atoms with E-state index in [1.54, 1.807) is 12.1 Å². The molecule has 2 N–H and O–H groups in total. The highest BCUT2D eigenvalue weighted by Crippen LogP contribution is 2.14. The molecule has 0 radical (unpaired) electrons. The molecule has 1 aromatic carbocycles. The number of hydrogen-bond acceptors (Lipinski definition) is 4. The monoisotopic (exact) mass is 430 g/mol. The highest BCUT2D eigenvalue weighted by atomic mass is 79.9. The van der Waals surface area contributed by atoms with Crippen LogP contribution in [0.1, 0.15) is 23.2 Å². The first-order chi connectivity index (χ1) is 12.8. The third-order valence-electron chi connectivity index (χ3n) is 4.32. The Morgan fingerprint density at radius 1 is 1.26 bits per heavy atom. The molecule has 0 spiro atoms. The number of hydrogen-bond donors (Lipinski definition) is 2. The number of rotatable bonds is 5. The van der Waals surface area contributed by atoms with Gasteiger partial charge in [0.25, 0.3) is 11.1 Å². The molecular weight excluding hydrogens is 412 g/mol. The molecule has 27 heavy (non-hydrogen) atoms. The molecule has 0 unspecified atom stereocenters. The van der Waals surface area contributed by atoms with E-state index < -0.39 is 0 Å². The van der Waals surface area contributed by atoms with Crippen LogP contribution >= 0.6 is 15.9 Å². The smallest absolute Gasteiger partial charge is 0.261 e. The average Bonchev–Trinajstić information content (AvgIpc) is 2.60. The lowest BCUT2D eigenvalue weighted by molar-refractivity contribution is -0.121. The van der Waals surface area contributed by atoms with Crippen molar-refractivity contribution in [1.29, 1.82) is 0 Å². The number of amides is 1. The van der Waals surface area contributed by atoms with Gasteiger partial charge < -0.3 is 10.3 Å². The highest BCUT2D eigenvalue weighted by Gasteiger charge is 2.09. The Bertz CT molecular complexity index is 1130. The zero-order valence-electron chi connectivity index (χ0n) is 15.0. The van der Waals surface area contributed by atoms with Crippen molar-refractivity contribution >= 4 is 32.7 Å². The van der Waals surface area contributed by atoms with Crippen LogP contribution in [0.2, 0.25) is 0 Å². The minimum atomic E-state index is -0.240. The van der Waals surface area contributed by atoms with Gasteiger partial charge in [0.05, 0.1) is 17.2 Å². The van der Waals surface area contributed by atoms with E-state index in [1.807, 2.05) is 26.0 Å². The van der Waals surface area contributed by atoms with Crippen molar-refractivity contribution in [3.63, 3.8) is 0 Å². The van der Waals surface area contributed by atoms with Crippen LogP contribution in [0.5, 0.6) is 0 Å². The predicted octanol–water partition coefficient (Wildman–Crippen LogP) is 2.17. The van der Waals surface area contributed by atoms with E-state index in [2.05, 4.69) is 31.2 Å². The third kappa shape index (κ3) is 4.33. The summed E-state index contributed by atoms with van der Waals surface area (Å²) in [4.78, 5) is 43.6. The van der Waals surface area contributed by atoms with Crippen LogP contribution in [0.25, 0.3) is 10.9 Å². The van der Waals surface area contributed by atoms with Gasteiger partial charge in [0, 0.05) is 35.2 Å². The molecule has 2 aromatic heterocycles. The number of aryl methyl sites for hydroxylation is 3. The fourth-order valence-electron chi connectivity index (χ4n) is 2.89. The van der Waals surface area contributed by atoms with E-state index >= 15 is 0 Å². The Morgan fingerprint density at radius 2 is 2.04 bits per heavy atom. The molecule has 1 amide bonds. The maximum absolute atomic E-state index is 12.5. The Labute approximate surface area is 163 Å². The van der Waals surface area contributed by atoms with E-state index in [-0.39, 0.29) is 36.5 Å². The molecule has 3 aromatic rings. The molecule has 0 bridgehead atoms. The summed E-state index contributed by atoms with van der Waals surface area (Å²) in [6.45, 7) is 4.01. The molecule has 0 aliphatic heterocycles. The second-order valence-corrected chi connectivity index (χ2v) is 7.29. The van der Waals surface area contributed by atoms with Crippen LogP contribution in [0.15, 0.2) is 44.7 Å². The van der Waals surface area contributed by atoms with Crippen LogP contribution < -0.4 is 16.4 Å². The second-order valence-electron chi connectivity index (χ2n) is 6.37. The van der Waals surface area contributed by atoms with Crippen LogP contribution in [-0.4, -0.2) is 20.4 Å². The fourth-order valence-corrected chi connectivity index (χ4v) is 3.25. The van der Waals surface area contributed by atoms with E-state index in [4.69, 9.17) is 0 Å². The number of H-pyrrole nitrogens is 1. The van der Waals surface area contributed by atoms with Crippen LogP contribution in [0.4, 0.5) is 0 Å². The van der Waals surface area contributed by atoms with Crippen molar-refractivity contribution in [3.05, 3.63) is 72.6 Å². The Hall–Kier alpha value is -2.74. The second kappa shape index (κ2) is 7.87. The minimum Gasteiger partial charge on any atom is -0.352 e. The Kier molecular flexibility index (Phi) is 5.55. The molecule has 3 rings (SSSR count). The van der Waals surface area contributed by atoms with E-state index in [9.17, 15) is 14.4 Å². The maximum atomic E-state index is 12.5. The molecule has 0 aliphatic carbocycles. The number of nitrogens with zero attached hydrogens (tertiary/aromatic N) is 2. The largest absolute Gasteiger partial charge is 0.352 e. The first kappa shape index (κ1) is 19.0. The molecular formula is C19H19BrN4O3. The number of nitrogens with one attached hydrogen (secondary N) is 2. The summed E-state index contributed by atoms with van der Waals surface area (Å²) in [6.07, 6.45) is 1.56. The average molecular weight is 431 g/mol. The number of aromatic nitrogens is 3. The molecule has 0 atom stereocenters. The van der Waals surface area contributed by atoms with Crippen molar-refractivity contribution in [1.82, 2.24) is 19.9 Å². The van der Waals surface area contributed by atoms with Gasteiger partial charge in [0.1, 0.15) is 0 Å². The fraction of sp³-hybridized carbons (Fsp3) is 0.263. The molecule has 0 fully saturated rings. The number of fused-ring (bicyclic) bond motifs is 1. The summed E-state index contributed by atoms with van der Waals surface area (Å²) in [6, 6.07) is 7.16. The maximum Gasteiger partial charge on any atom is 0.261 e. The standard InChI is InChI=1S/C19H19BrN4O3/c1-11-7-12(2)23-18(26)15(11)9-21-17(25)5-6-24-10-22-16-4-3-13(20)8-14(16)19(24)27/h3-4,7-8,10H,5-6,9H2,1-2H3,(H,21,25)(H,23,26). The molecule has 140 valence electrons. The van der Waals surface area contributed by atoms with Crippen molar-refractivity contribution in [2.45, 2.75) is 33.4 Å². The van der Waals surface area contributed by atoms with E-state index in [1.165, 1.54) is 10.9 Å². The lowest BCUT2D eigenvalue weighted by Gasteiger charge is -2.09. The highest BCUT2D eigenvalue weighted by molar-refractivity contribution is 9.10. The molecule has 0 saturated heterocycles. The first-order valence-electron chi connectivity index (χ1n) is 8.46. The third-order valence-corrected chi connectivity index (χ3v) is 4.82. The zero-order valence-corrected chi connectivity index (χ0v) is 16.6. The summed E-state index contributed by atoms with van der Waals surface area (Å²) in [5.74, 6) is -0.240. The molecule has 0 aliphatic rings. The lowest BCUT2D eigenvalue weighted by Crippen LogP contribution is -2.30. The topological polar surface area (TPSA) is 96.8 Å². The van der Waals surface area contributed by atoms with Crippen molar-refractivity contribution < 1.29 is 4.79 Å². The van der Waals surface area contributed by atoms with Gasteiger partial charge in [-0.25, -0.2) is 4.98 Å². The minimum absolute atomic E-state index is 0.115. The first-order valence-corrected chi connectivity index (χ1v) is 9.25. The molecule has 8 heteroatoms. The summed E-state index contributed by atoms with van der Waals surface area (Å²) in [5.41, 5.74) is 2.36. The summed E-state index contributed by atoms with van der Waals surface area (Å²) in [7, 11) is 0. The van der Waals surface area contributed by atoms with E-state index in [0.29, 0.717) is 16.5 Å². The number of benzene rings is 1. The van der Waals surface area contributed by atoms with Crippen molar-refractivity contribution in [2.75, 3.05) is 0 Å². The van der Waals surface area contributed by atoms with Gasteiger partial charge in [-0.3, -0.25) is 19.0 Å². The van der Waals surface area contributed by atoms with Gasteiger partial charge in [-0.2, -0.15) is 0 Å². The quantitative estimate of drug-likeness (QED) is 0.647. The number of carbonyl (C=O) groups excluding carboxylic acids is 1. The normalized spacial score (nSPS) is 10.9. The number of halogens is 1. The summed E-state index contributed by atoms with van der Waals surface area (Å²) in [5, 5.41) is 3.23. The Morgan fingerprint density at radius 3 is 2.78 bits per heavy atom. The van der Waals surface area contributed by atoms with Gasteiger partial charge in [-0.15, -0.1) is 0 Å². The number of carbonyl (C=O) groups is 1. The van der Waals surface area contributed by atoms with Crippen LogP contribution in [0, 0.1) is 13.8 Å². The zero-order chi connectivity index (χ0) is 19.6. The van der Waals surface area contributed by atoms with Gasteiger partial charge in [0.2, 0.25) is 5.91 Å². The van der Waals surface area contributed by atoms with Crippen molar-refractivity contribution in [2.24, 2.45) is 0 Å². The molecule has 7 nitrogen and oxygen atoms in total. The number of pyridine rings is 1. The van der Waals surface area contributed by atoms with Crippen LogP contribution in [-0.2, 0) is 17.9 Å². The predicted molar refractivity (Wildman–Crippen MR) is 107 cm³/mol. The summed E-state index contributed by atoms with van der Waals surface area (Å²) >= 11 is 3.34. The Balaban J connectivity index is 1.66. The summed E-state index contributed by atoms with van der Waals surface area (Å²) < 4.78 is 2.21. The van der Waals surface area contributed by atoms with Gasteiger partial charge in [-0.05, 0) is 43.7 Å². The van der Waals surface area contributed by atoms with Crippen molar-refractivity contribution in [3.8, 4) is 0 Å². The van der Waals surface area contributed by atoms with Crippen LogP contribution in [0.3, 0.4) is 0 Å². The van der Waals surface area contributed by atoms with Gasteiger partial charge >= 0.3 is 0 Å². The van der Waals surface area contributed by atoms with Gasteiger partial charge in [-0.1, -0.05) is 15.9 Å². The van der Waals surface area contributed by atoms with Gasteiger partial charge in [0.15, 0.2) is 0 Å². The number of aromatic amines is 1. The SMILES string of the molecule is Cc1cc(C)c(CNC(=O)CCn2cnc3ccc(Br)cc3c2=O)c(=O)[nH]1. The van der Waals surface area contributed by atoms with E-state index in [0.717, 1.165) is 15.7 Å². The lowest BCUT2D eigenvalue weighted by atomic mass is 10.1. The molecule has 0 saturated carbocycles.